The third-order valence-corrected chi connectivity index (χ3v) is 5.04. The summed E-state index contributed by atoms with van der Waals surface area (Å²) in [6.45, 7) is 7.45. The average Bonchev–Trinajstić information content (AvgIpc) is 3.10. The van der Waals surface area contributed by atoms with Gasteiger partial charge in [0.1, 0.15) is 6.04 Å². The first-order valence-electron chi connectivity index (χ1n) is 9.30. The number of amides is 1. The van der Waals surface area contributed by atoms with E-state index in [9.17, 15) is 4.79 Å². The summed E-state index contributed by atoms with van der Waals surface area (Å²) in [5.41, 5.74) is 2.01. The molecule has 1 aromatic carbocycles. The summed E-state index contributed by atoms with van der Waals surface area (Å²) >= 11 is 0. The number of hydrogen-bond acceptors (Lipinski definition) is 5. The average molecular weight is 431 g/mol. The molecule has 2 aromatic rings. The first-order valence-corrected chi connectivity index (χ1v) is 9.30. The molecule has 1 amide bonds. The number of halogens is 2. The van der Waals surface area contributed by atoms with Crippen LogP contribution in [-0.4, -0.2) is 74.0 Å². The summed E-state index contributed by atoms with van der Waals surface area (Å²) in [5.74, 6) is -0.0456. The molecule has 2 aliphatic heterocycles. The quantitative estimate of drug-likeness (QED) is 0.755. The number of nitrogens with zero attached hydrogens (tertiary/aromatic N) is 2. The van der Waals surface area contributed by atoms with Crippen LogP contribution in [0.1, 0.15) is 0 Å². The van der Waals surface area contributed by atoms with Crippen LogP contribution in [0.25, 0.3) is 10.9 Å². The van der Waals surface area contributed by atoms with Gasteiger partial charge in [-0.3, -0.25) is 9.69 Å². The minimum Gasteiger partial charge on any atom is -0.379 e. The molecule has 7 nitrogen and oxygen atoms in total. The third kappa shape index (κ3) is 5.59. The van der Waals surface area contributed by atoms with Crippen LogP contribution in [0.2, 0.25) is 0 Å². The predicted octanol–water partition coefficient (Wildman–Crippen LogP) is 1.74. The summed E-state index contributed by atoms with van der Waals surface area (Å²) in [5, 5.41) is 7.29. The lowest BCUT2D eigenvalue weighted by Gasteiger charge is -2.26. The van der Waals surface area contributed by atoms with Gasteiger partial charge in [-0.25, -0.2) is 0 Å². The van der Waals surface area contributed by atoms with Crippen molar-refractivity contribution in [3.8, 4) is 0 Å². The number of benzene rings is 1. The largest absolute Gasteiger partial charge is 0.379 e. The Hall–Kier alpha value is -1.35. The fourth-order valence-electron chi connectivity index (χ4n) is 3.51. The highest BCUT2D eigenvalue weighted by Gasteiger charge is 2.21. The van der Waals surface area contributed by atoms with Crippen molar-refractivity contribution in [2.75, 3.05) is 57.9 Å². The molecule has 0 aliphatic carbocycles. The summed E-state index contributed by atoms with van der Waals surface area (Å²) in [6.07, 6.45) is 2.12. The Kier molecular flexibility index (Phi) is 9.01. The molecule has 2 N–H and O–H groups in total. The molecular weight excluding hydrogens is 403 g/mol. The van der Waals surface area contributed by atoms with Gasteiger partial charge >= 0.3 is 0 Å². The Morgan fingerprint density at radius 3 is 2.68 bits per heavy atom. The van der Waals surface area contributed by atoms with E-state index in [1.54, 1.807) is 0 Å². The number of morpholine rings is 2. The fraction of sp³-hybridized carbons (Fsp3) is 0.526. The number of aromatic nitrogens is 1. The van der Waals surface area contributed by atoms with Gasteiger partial charge in [-0.05, 0) is 24.3 Å². The van der Waals surface area contributed by atoms with Crippen molar-refractivity contribution in [2.45, 2.75) is 12.6 Å². The van der Waals surface area contributed by atoms with Gasteiger partial charge in [-0.2, -0.15) is 0 Å². The van der Waals surface area contributed by atoms with Crippen molar-refractivity contribution in [1.82, 2.24) is 14.8 Å². The Bertz CT molecular complexity index is 759. The molecule has 156 valence electrons. The molecule has 4 rings (SSSR count). The highest BCUT2D eigenvalue weighted by Crippen LogP contribution is 2.21. The summed E-state index contributed by atoms with van der Waals surface area (Å²) in [4.78, 5) is 14.7. The van der Waals surface area contributed by atoms with E-state index in [2.05, 4.69) is 38.4 Å². The van der Waals surface area contributed by atoms with Crippen LogP contribution in [0, 0.1) is 0 Å². The Morgan fingerprint density at radius 1 is 1.11 bits per heavy atom. The van der Waals surface area contributed by atoms with E-state index in [4.69, 9.17) is 9.47 Å². The number of ether oxygens (including phenoxy) is 2. The van der Waals surface area contributed by atoms with E-state index in [1.807, 2.05) is 12.1 Å². The predicted molar refractivity (Wildman–Crippen MR) is 115 cm³/mol. The standard InChI is InChI=1S/C19H26N4O3.2ClH/c24-19(17-14-26-10-4-20-17)21-16-1-2-18-15(13-16)3-5-23(18)7-6-22-8-11-25-12-9-22;;/h1-3,5,13,17,20H,4,6-12,14H2,(H,21,24);2*1H. The van der Waals surface area contributed by atoms with E-state index >= 15 is 0 Å². The van der Waals surface area contributed by atoms with E-state index in [-0.39, 0.29) is 36.8 Å². The van der Waals surface area contributed by atoms with Gasteiger partial charge in [-0.15, -0.1) is 24.8 Å². The van der Waals surface area contributed by atoms with Crippen molar-refractivity contribution >= 4 is 47.3 Å². The number of carbonyl (C=O) groups excluding carboxylic acids is 1. The minimum atomic E-state index is -0.280. The van der Waals surface area contributed by atoms with Crippen LogP contribution in [-0.2, 0) is 20.8 Å². The minimum absolute atomic E-state index is 0. The second-order valence-electron chi connectivity index (χ2n) is 6.81. The van der Waals surface area contributed by atoms with E-state index < -0.39 is 0 Å². The maximum Gasteiger partial charge on any atom is 0.243 e. The number of fused-ring (bicyclic) bond motifs is 1. The molecule has 28 heavy (non-hydrogen) atoms. The van der Waals surface area contributed by atoms with E-state index in [1.165, 1.54) is 5.52 Å². The topological polar surface area (TPSA) is 67.8 Å². The van der Waals surface area contributed by atoms with Gasteiger partial charge < -0.3 is 24.7 Å². The Labute approximate surface area is 177 Å². The van der Waals surface area contributed by atoms with Gasteiger partial charge in [0.2, 0.25) is 5.91 Å². The molecule has 2 fully saturated rings. The van der Waals surface area contributed by atoms with Crippen LogP contribution in [0.4, 0.5) is 5.69 Å². The van der Waals surface area contributed by atoms with E-state index in [0.717, 1.165) is 50.5 Å². The van der Waals surface area contributed by atoms with Crippen LogP contribution in [0.15, 0.2) is 30.5 Å². The number of carbonyl (C=O) groups is 1. The van der Waals surface area contributed by atoms with Gasteiger partial charge in [0.05, 0.1) is 26.4 Å². The molecule has 0 radical (unpaired) electrons. The number of anilines is 1. The monoisotopic (exact) mass is 430 g/mol. The molecule has 2 saturated heterocycles. The van der Waals surface area contributed by atoms with Gasteiger partial charge in [0.15, 0.2) is 0 Å². The zero-order valence-electron chi connectivity index (χ0n) is 15.8. The fourth-order valence-corrected chi connectivity index (χ4v) is 3.51. The van der Waals surface area contributed by atoms with Crippen molar-refractivity contribution in [2.24, 2.45) is 0 Å². The van der Waals surface area contributed by atoms with Crippen molar-refractivity contribution in [1.29, 1.82) is 0 Å². The van der Waals surface area contributed by atoms with Gasteiger partial charge in [0.25, 0.3) is 0 Å². The van der Waals surface area contributed by atoms with Crippen LogP contribution in [0.3, 0.4) is 0 Å². The number of hydrogen-bond donors (Lipinski definition) is 2. The summed E-state index contributed by atoms with van der Waals surface area (Å²) in [6, 6.07) is 7.90. The zero-order chi connectivity index (χ0) is 17.8. The molecular formula is C19H28Cl2N4O3. The molecule has 9 heteroatoms. The molecule has 2 aliphatic rings. The Morgan fingerprint density at radius 2 is 1.93 bits per heavy atom. The zero-order valence-corrected chi connectivity index (χ0v) is 17.4. The highest BCUT2D eigenvalue weighted by molar-refractivity contribution is 5.97. The number of nitrogens with one attached hydrogen (secondary N) is 2. The van der Waals surface area contributed by atoms with Crippen molar-refractivity contribution in [3.05, 3.63) is 30.5 Å². The molecule has 1 unspecified atom stereocenters. The molecule has 0 spiro atoms. The number of rotatable bonds is 5. The lowest BCUT2D eigenvalue weighted by molar-refractivity contribution is -0.120. The maximum absolute atomic E-state index is 12.3. The van der Waals surface area contributed by atoms with Crippen LogP contribution >= 0.6 is 24.8 Å². The van der Waals surface area contributed by atoms with Gasteiger partial charge in [0, 0.05) is 55.5 Å². The smallest absolute Gasteiger partial charge is 0.243 e. The first kappa shape index (κ1) is 22.9. The molecule has 3 heterocycles. The molecule has 0 bridgehead atoms. The van der Waals surface area contributed by atoms with E-state index in [0.29, 0.717) is 19.8 Å². The summed E-state index contributed by atoms with van der Waals surface area (Å²) in [7, 11) is 0. The lowest BCUT2D eigenvalue weighted by Crippen LogP contribution is -2.48. The molecule has 1 aromatic heterocycles. The Balaban J connectivity index is 0.00000140. The normalized spacial score (nSPS) is 20.2. The van der Waals surface area contributed by atoms with Crippen LogP contribution in [0.5, 0.6) is 0 Å². The second kappa shape index (κ2) is 11.0. The lowest BCUT2D eigenvalue weighted by atomic mass is 10.2. The van der Waals surface area contributed by atoms with Crippen molar-refractivity contribution in [3.63, 3.8) is 0 Å². The molecule has 0 saturated carbocycles. The van der Waals surface area contributed by atoms with Gasteiger partial charge in [-0.1, -0.05) is 0 Å². The maximum atomic E-state index is 12.3. The first-order chi connectivity index (χ1) is 12.8. The highest BCUT2D eigenvalue weighted by atomic mass is 35.5. The summed E-state index contributed by atoms with van der Waals surface area (Å²) < 4.78 is 13.0. The van der Waals surface area contributed by atoms with Crippen molar-refractivity contribution < 1.29 is 14.3 Å². The molecule has 1 atom stereocenters. The second-order valence-corrected chi connectivity index (χ2v) is 6.81. The SMILES string of the molecule is Cl.Cl.O=C(Nc1ccc2c(ccn2CCN2CCOCC2)c1)C1COCCN1. The third-order valence-electron chi connectivity index (χ3n) is 5.04. The van der Waals surface area contributed by atoms with Crippen LogP contribution < -0.4 is 10.6 Å².